The second kappa shape index (κ2) is 8.62. The van der Waals surface area contributed by atoms with Crippen LogP contribution in [0.5, 0.6) is 0 Å². The lowest BCUT2D eigenvalue weighted by atomic mass is 10.1. The van der Waals surface area contributed by atoms with Gasteiger partial charge in [0, 0.05) is 15.7 Å². The van der Waals surface area contributed by atoms with Crippen molar-refractivity contribution in [2.45, 2.75) is 18.4 Å². The lowest BCUT2D eigenvalue weighted by molar-refractivity contribution is -0.115. The van der Waals surface area contributed by atoms with Gasteiger partial charge in [0.2, 0.25) is 5.91 Å². The summed E-state index contributed by atoms with van der Waals surface area (Å²) in [6, 6.07) is 17.8. The maximum Gasteiger partial charge on any atom is 0.228 e. The van der Waals surface area contributed by atoms with E-state index in [0.717, 1.165) is 15.6 Å². The van der Waals surface area contributed by atoms with Gasteiger partial charge in [-0.3, -0.25) is 4.79 Å². The maximum absolute atomic E-state index is 12.3. The molecule has 8 heteroatoms. The van der Waals surface area contributed by atoms with Crippen molar-refractivity contribution in [2.24, 2.45) is 0 Å². The fourth-order valence-corrected chi connectivity index (χ4v) is 3.54. The zero-order valence-electron chi connectivity index (χ0n) is 15.1. The Kier molecular flexibility index (Phi) is 6.21. The summed E-state index contributed by atoms with van der Waals surface area (Å²) in [7, 11) is -3.39. The lowest BCUT2D eigenvalue weighted by Crippen LogP contribution is -2.14. The van der Waals surface area contributed by atoms with E-state index in [4.69, 9.17) is 0 Å². The van der Waals surface area contributed by atoms with Crippen LogP contribution in [0.3, 0.4) is 0 Å². The van der Waals surface area contributed by atoms with Crippen molar-refractivity contribution in [3.8, 4) is 11.3 Å². The third-order valence-corrected chi connectivity index (χ3v) is 6.20. The Morgan fingerprint density at radius 1 is 1.04 bits per heavy atom. The molecule has 1 amide bonds. The summed E-state index contributed by atoms with van der Waals surface area (Å²) in [5, 5.41) is 10.7. The van der Waals surface area contributed by atoms with E-state index >= 15 is 0 Å². The summed E-state index contributed by atoms with van der Waals surface area (Å²) < 4.78 is 24.6. The van der Waals surface area contributed by atoms with E-state index in [1.807, 2.05) is 30.3 Å². The number of anilines is 1. The molecule has 0 saturated carbocycles. The molecule has 0 spiro atoms. The van der Waals surface area contributed by atoms with Crippen LogP contribution >= 0.6 is 15.9 Å². The van der Waals surface area contributed by atoms with E-state index in [-0.39, 0.29) is 23.1 Å². The highest BCUT2D eigenvalue weighted by Crippen LogP contribution is 2.21. The minimum absolute atomic E-state index is 0.0269. The molecule has 1 heterocycles. The van der Waals surface area contributed by atoms with Crippen molar-refractivity contribution in [3.63, 3.8) is 0 Å². The summed E-state index contributed by atoms with van der Waals surface area (Å²) in [5.74, 6) is -0.157. The molecule has 144 valence electrons. The first-order chi connectivity index (χ1) is 13.4. The van der Waals surface area contributed by atoms with Crippen LogP contribution in [0.4, 0.5) is 5.69 Å². The minimum Gasteiger partial charge on any atom is -0.326 e. The van der Waals surface area contributed by atoms with E-state index in [1.165, 1.54) is 6.07 Å². The Balaban J connectivity index is 1.73. The van der Waals surface area contributed by atoms with Crippen LogP contribution in [-0.4, -0.2) is 30.3 Å². The van der Waals surface area contributed by atoms with Crippen LogP contribution in [0.15, 0.2) is 70.2 Å². The first-order valence-electron chi connectivity index (χ1n) is 8.58. The number of nitrogens with zero attached hydrogens (tertiary/aromatic N) is 2. The highest BCUT2D eigenvalue weighted by molar-refractivity contribution is 9.10. The molecule has 0 fully saturated rings. The third-order valence-electron chi connectivity index (χ3n) is 4.06. The Labute approximate surface area is 172 Å². The number of sulfone groups is 1. The molecule has 0 radical (unpaired) electrons. The van der Waals surface area contributed by atoms with Crippen molar-refractivity contribution in [1.29, 1.82) is 0 Å². The molecule has 0 bridgehead atoms. The van der Waals surface area contributed by atoms with Crippen molar-refractivity contribution >= 4 is 37.4 Å². The maximum atomic E-state index is 12.3. The van der Waals surface area contributed by atoms with Crippen LogP contribution < -0.4 is 5.32 Å². The van der Waals surface area contributed by atoms with Crippen LogP contribution in [0.2, 0.25) is 0 Å². The molecule has 1 aromatic heterocycles. The second-order valence-corrected chi connectivity index (χ2v) is 9.23. The zero-order valence-corrected chi connectivity index (χ0v) is 17.5. The van der Waals surface area contributed by atoms with Gasteiger partial charge in [0.25, 0.3) is 0 Å². The van der Waals surface area contributed by atoms with Crippen molar-refractivity contribution in [1.82, 2.24) is 10.2 Å². The Hall–Kier alpha value is -2.58. The molecule has 6 nitrogen and oxygen atoms in total. The Morgan fingerprint density at radius 2 is 1.79 bits per heavy atom. The SMILES string of the molecule is CCS(=O)(=O)c1ccc(-c2cccc(NC(=O)Cc3ccc(Br)cc3)c2)nn1. The van der Waals surface area contributed by atoms with Gasteiger partial charge in [-0.05, 0) is 42.0 Å². The molecule has 1 N–H and O–H groups in total. The molecular weight excluding hydrogens is 442 g/mol. The molecule has 0 saturated heterocycles. The summed E-state index contributed by atoms with van der Waals surface area (Å²) in [6.45, 7) is 1.56. The van der Waals surface area contributed by atoms with E-state index in [9.17, 15) is 13.2 Å². The molecular formula is C20H18BrN3O3S. The smallest absolute Gasteiger partial charge is 0.228 e. The van der Waals surface area contributed by atoms with E-state index in [1.54, 1.807) is 31.2 Å². The Bertz CT molecular complexity index is 1080. The van der Waals surface area contributed by atoms with Gasteiger partial charge in [0.05, 0.1) is 17.9 Å². The van der Waals surface area contributed by atoms with Gasteiger partial charge < -0.3 is 5.32 Å². The minimum atomic E-state index is -3.39. The normalized spacial score (nSPS) is 11.2. The number of aromatic nitrogens is 2. The number of halogens is 1. The molecule has 0 unspecified atom stereocenters. The summed E-state index contributed by atoms with van der Waals surface area (Å²) in [6.07, 6.45) is 0.265. The van der Waals surface area contributed by atoms with Gasteiger partial charge in [0.15, 0.2) is 14.9 Å². The lowest BCUT2D eigenvalue weighted by Gasteiger charge is -2.08. The molecule has 0 aliphatic rings. The van der Waals surface area contributed by atoms with Gasteiger partial charge in [-0.15, -0.1) is 10.2 Å². The average molecular weight is 460 g/mol. The standard InChI is InChI=1S/C20H18BrN3O3S/c1-2-28(26,27)20-11-10-18(23-24-20)15-4-3-5-17(13-15)22-19(25)12-14-6-8-16(21)9-7-14/h3-11,13H,2,12H2,1H3,(H,22,25). The predicted octanol–water partition coefficient (Wildman–Crippen LogP) is 3.88. The van der Waals surface area contributed by atoms with E-state index in [2.05, 4.69) is 31.4 Å². The van der Waals surface area contributed by atoms with Gasteiger partial charge in [-0.1, -0.05) is 47.1 Å². The highest BCUT2D eigenvalue weighted by Gasteiger charge is 2.14. The quantitative estimate of drug-likeness (QED) is 0.603. The van der Waals surface area contributed by atoms with E-state index in [0.29, 0.717) is 11.4 Å². The third kappa shape index (κ3) is 5.02. The first kappa shape index (κ1) is 20.2. The van der Waals surface area contributed by atoms with Crippen molar-refractivity contribution < 1.29 is 13.2 Å². The monoisotopic (exact) mass is 459 g/mol. The number of hydrogen-bond acceptors (Lipinski definition) is 5. The summed E-state index contributed by atoms with van der Waals surface area (Å²) in [5.41, 5.74) is 2.80. The van der Waals surface area contributed by atoms with Crippen molar-refractivity contribution in [2.75, 3.05) is 11.1 Å². The van der Waals surface area contributed by atoms with Gasteiger partial charge >= 0.3 is 0 Å². The van der Waals surface area contributed by atoms with E-state index < -0.39 is 9.84 Å². The van der Waals surface area contributed by atoms with Crippen LogP contribution in [0.25, 0.3) is 11.3 Å². The van der Waals surface area contributed by atoms with Crippen LogP contribution in [0.1, 0.15) is 12.5 Å². The van der Waals surface area contributed by atoms with Crippen molar-refractivity contribution in [3.05, 3.63) is 70.7 Å². The van der Waals surface area contributed by atoms with Crippen LogP contribution in [-0.2, 0) is 21.1 Å². The number of nitrogens with one attached hydrogen (secondary N) is 1. The fourth-order valence-electron chi connectivity index (χ4n) is 2.54. The molecule has 3 rings (SSSR count). The average Bonchev–Trinajstić information content (AvgIpc) is 2.70. The number of hydrogen-bond donors (Lipinski definition) is 1. The van der Waals surface area contributed by atoms with Crippen LogP contribution in [0, 0.1) is 0 Å². The number of carbonyl (C=O) groups is 1. The zero-order chi connectivity index (χ0) is 20.1. The number of rotatable bonds is 6. The fraction of sp³-hybridized carbons (Fsp3) is 0.150. The predicted molar refractivity (Wildman–Crippen MR) is 112 cm³/mol. The number of carbonyl (C=O) groups excluding carboxylic acids is 1. The van der Waals surface area contributed by atoms with Gasteiger partial charge in [0.1, 0.15) is 0 Å². The largest absolute Gasteiger partial charge is 0.326 e. The first-order valence-corrected chi connectivity index (χ1v) is 11.0. The molecule has 2 aromatic carbocycles. The number of benzene rings is 2. The highest BCUT2D eigenvalue weighted by atomic mass is 79.9. The molecule has 28 heavy (non-hydrogen) atoms. The second-order valence-electron chi connectivity index (χ2n) is 6.09. The van der Waals surface area contributed by atoms with Gasteiger partial charge in [-0.2, -0.15) is 0 Å². The molecule has 0 aliphatic carbocycles. The molecule has 0 aliphatic heterocycles. The topological polar surface area (TPSA) is 89.0 Å². The summed E-state index contributed by atoms with van der Waals surface area (Å²) >= 11 is 3.37. The van der Waals surface area contributed by atoms with Gasteiger partial charge in [-0.25, -0.2) is 8.42 Å². The molecule has 3 aromatic rings. The Morgan fingerprint density at radius 3 is 2.43 bits per heavy atom. The number of amides is 1. The molecule has 0 atom stereocenters. The summed E-state index contributed by atoms with van der Waals surface area (Å²) in [4.78, 5) is 12.3.